The van der Waals surface area contributed by atoms with Crippen molar-refractivity contribution < 1.29 is 13.2 Å². The topological polar surface area (TPSA) is 66.5 Å². The molecule has 0 aromatic heterocycles. The standard InChI is InChI=1S/C20H24N2O3S/c1-22(18-10-6-3-7-11-18)26(24,25)19-14-12-16(13-15-19)20(23)21-17-8-4-2-5-9-17/h2,4-5,8-9,12-15,18H,3,6-7,10-11H2,1H3,(H,21,23). The Labute approximate surface area is 155 Å². The van der Waals surface area contributed by atoms with Gasteiger partial charge in [-0.3, -0.25) is 4.79 Å². The minimum absolute atomic E-state index is 0.0646. The van der Waals surface area contributed by atoms with Gasteiger partial charge in [0, 0.05) is 24.3 Å². The summed E-state index contributed by atoms with van der Waals surface area (Å²) in [5.74, 6) is -0.263. The van der Waals surface area contributed by atoms with Gasteiger partial charge in [0.2, 0.25) is 10.0 Å². The number of nitrogens with one attached hydrogen (secondary N) is 1. The summed E-state index contributed by atoms with van der Waals surface area (Å²) in [7, 11) is -1.88. The van der Waals surface area contributed by atoms with Crippen LogP contribution in [-0.4, -0.2) is 31.7 Å². The number of hydrogen-bond donors (Lipinski definition) is 1. The fraction of sp³-hybridized carbons (Fsp3) is 0.350. The molecular weight excluding hydrogens is 348 g/mol. The molecule has 6 heteroatoms. The van der Waals surface area contributed by atoms with Gasteiger partial charge in [-0.2, -0.15) is 4.31 Å². The summed E-state index contributed by atoms with van der Waals surface area (Å²) in [5, 5.41) is 2.79. The second kappa shape index (κ2) is 8.01. The summed E-state index contributed by atoms with van der Waals surface area (Å²) in [6.45, 7) is 0. The van der Waals surface area contributed by atoms with E-state index in [1.54, 1.807) is 31.3 Å². The number of amides is 1. The second-order valence-electron chi connectivity index (χ2n) is 6.66. The second-order valence-corrected chi connectivity index (χ2v) is 8.66. The lowest BCUT2D eigenvalue weighted by atomic mass is 9.96. The van der Waals surface area contributed by atoms with Crippen LogP contribution in [0, 0.1) is 0 Å². The van der Waals surface area contributed by atoms with Crippen LogP contribution in [0.1, 0.15) is 42.5 Å². The highest BCUT2D eigenvalue weighted by molar-refractivity contribution is 7.89. The summed E-state index contributed by atoms with van der Waals surface area (Å²) < 4.78 is 27.1. The summed E-state index contributed by atoms with van der Waals surface area (Å²) >= 11 is 0. The molecule has 1 aliphatic carbocycles. The highest BCUT2D eigenvalue weighted by atomic mass is 32.2. The van der Waals surface area contributed by atoms with Gasteiger partial charge in [0.15, 0.2) is 0 Å². The van der Waals surface area contributed by atoms with Crippen LogP contribution >= 0.6 is 0 Å². The number of benzene rings is 2. The first kappa shape index (κ1) is 18.6. The number of sulfonamides is 1. The zero-order valence-corrected chi connectivity index (χ0v) is 15.7. The Morgan fingerprint density at radius 1 is 0.962 bits per heavy atom. The van der Waals surface area contributed by atoms with Crippen molar-refractivity contribution in [2.24, 2.45) is 0 Å². The highest BCUT2D eigenvalue weighted by Crippen LogP contribution is 2.26. The molecule has 1 saturated carbocycles. The molecule has 0 spiro atoms. The Hall–Kier alpha value is -2.18. The first-order chi connectivity index (χ1) is 12.5. The van der Waals surface area contributed by atoms with E-state index in [9.17, 15) is 13.2 Å². The molecular formula is C20H24N2O3S. The van der Waals surface area contributed by atoms with Crippen LogP contribution in [-0.2, 0) is 10.0 Å². The van der Waals surface area contributed by atoms with Crippen LogP contribution in [0.5, 0.6) is 0 Å². The van der Waals surface area contributed by atoms with Crippen molar-refractivity contribution in [1.82, 2.24) is 4.31 Å². The summed E-state index contributed by atoms with van der Waals surface area (Å²) in [4.78, 5) is 12.5. The maximum atomic E-state index is 12.8. The van der Waals surface area contributed by atoms with E-state index in [0.717, 1.165) is 25.7 Å². The van der Waals surface area contributed by atoms with Crippen molar-refractivity contribution in [3.63, 3.8) is 0 Å². The van der Waals surface area contributed by atoms with Gasteiger partial charge in [0.25, 0.3) is 5.91 Å². The van der Waals surface area contributed by atoms with Crippen molar-refractivity contribution >= 4 is 21.6 Å². The SMILES string of the molecule is CN(C1CCCCC1)S(=O)(=O)c1ccc(C(=O)Nc2ccccc2)cc1. The predicted octanol–water partition coefficient (Wildman–Crippen LogP) is 3.89. The van der Waals surface area contributed by atoms with Crippen LogP contribution < -0.4 is 5.32 Å². The molecule has 0 atom stereocenters. The monoisotopic (exact) mass is 372 g/mol. The van der Waals surface area contributed by atoms with E-state index in [0.29, 0.717) is 11.3 Å². The van der Waals surface area contributed by atoms with E-state index in [2.05, 4.69) is 5.32 Å². The molecule has 1 aliphatic rings. The molecule has 2 aromatic carbocycles. The smallest absolute Gasteiger partial charge is 0.255 e. The summed E-state index contributed by atoms with van der Waals surface area (Å²) in [6, 6.07) is 15.3. The third kappa shape index (κ3) is 4.14. The maximum Gasteiger partial charge on any atom is 0.255 e. The fourth-order valence-electron chi connectivity index (χ4n) is 3.31. The lowest BCUT2D eigenvalue weighted by Gasteiger charge is -2.30. The van der Waals surface area contributed by atoms with E-state index in [4.69, 9.17) is 0 Å². The number of anilines is 1. The summed E-state index contributed by atoms with van der Waals surface area (Å²) in [5.41, 5.74) is 1.12. The number of carbonyl (C=O) groups excluding carboxylic acids is 1. The van der Waals surface area contributed by atoms with Gasteiger partial charge in [-0.15, -0.1) is 0 Å². The molecule has 5 nitrogen and oxygen atoms in total. The van der Waals surface area contributed by atoms with E-state index >= 15 is 0 Å². The average Bonchev–Trinajstić information content (AvgIpc) is 2.69. The Morgan fingerprint density at radius 3 is 2.19 bits per heavy atom. The zero-order valence-electron chi connectivity index (χ0n) is 14.9. The number of rotatable bonds is 5. The molecule has 0 unspecified atom stereocenters. The number of hydrogen-bond acceptors (Lipinski definition) is 3. The molecule has 1 amide bonds. The summed E-state index contributed by atoms with van der Waals surface area (Å²) in [6.07, 6.45) is 5.14. The molecule has 26 heavy (non-hydrogen) atoms. The van der Waals surface area contributed by atoms with Gasteiger partial charge in [-0.1, -0.05) is 37.5 Å². The normalized spacial score (nSPS) is 15.8. The predicted molar refractivity (Wildman–Crippen MR) is 103 cm³/mol. The van der Waals surface area contributed by atoms with E-state index in [-0.39, 0.29) is 16.8 Å². The van der Waals surface area contributed by atoms with Gasteiger partial charge in [0.1, 0.15) is 0 Å². The van der Waals surface area contributed by atoms with E-state index < -0.39 is 10.0 Å². The van der Waals surface area contributed by atoms with Gasteiger partial charge in [-0.25, -0.2) is 8.42 Å². The highest BCUT2D eigenvalue weighted by Gasteiger charge is 2.29. The van der Waals surface area contributed by atoms with Crippen molar-refractivity contribution in [1.29, 1.82) is 0 Å². The van der Waals surface area contributed by atoms with Crippen LogP contribution in [0.3, 0.4) is 0 Å². The zero-order chi connectivity index (χ0) is 18.6. The molecule has 1 N–H and O–H groups in total. The van der Waals surface area contributed by atoms with Crippen molar-refractivity contribution in [2.45, 2.75) is 43.0 Å². The third-order valence-electron chi connectivity index (χ3n) is 4.91. The molecule has 138 valence electrons. The molecule has 1 fully saturated rings. The van der Waals surface area contributed by atoms with Gasteiger partial charge >= 0.3 is 0 Å². The Morgan fingerprint density at radius 2 is 1.58 bits per heavy atom. The molecule has 0 heterocycles. The van der Waals surface area contributed by atoms with Crippen LogP contribution in [0.15, 0.2) is 59.5 Å². The Kier molecular flexibility index (Phi) is 5.74. The van der Waals surface area contributed by atoms with Crippen molar-refractivity contribution in [2.75, 3.05) is 12.4 Å². The fourth-order valence-corrected chi connectivity index (χ4v) is 4.73. The molecule has 0 aliphatic heterocycles. The first-order valence-corrected chi connectivity index (χ1v) is 10.4. The van der Waals surface area contributed by atoms with E-state index in [1.807, 2.05) is 18.2 Å². The third-order valence-corrected chi connectivity index (χ3v) is 6.84. The van der Waals surface area contributed by atoms with Gasteiger partial charge in [0.05, 0.1) is 4.90 Å². The van der Waals surface area contributed by atoms with Crippen LogP contribution in [0.25, 0.3) is 0 Å². The van der Waals surface area contributed by atoms with Gasteiger partial charge in [-0.05, 0) is 49.2 Å². The largest absolute Gasteiger partial charge is 0.322 e. The molecule has 0 saturated heterocycles. The average molecular weight is 372 g/mol. The van der Waals surface area contributed by atoms with Gasteiger partial charge < -0.3 is 5.32 Å². The number of carbonyl (C=O) groups is 1. The van der Waals surface area contributed by atoms with Crippen LogP contribution in [0.4, 0.5) is 5.69 Å². The Balaban J connectivity index is 1.72. The lowest BCUT2D eigenvalue weighted by molar-refractivity contribution is 0.102. The van der Waals surface area contributed by atoms with E-state index in [1.165, 1.54) is 22.9 Å². The van der Waals surface area contributed by atoms with Crippen LogP contribution in [0.2, 0.25) is 0 Å². The lowest BCUT2D eigenvalue weighted by Crippen LogP contribution is -2.38. The Bertz CT molecular complexity index is 842. The van der Waals surface area contributed by atoms with Crippen molar-refractivity contribution in [3.8, 4) is 0 Å². The minimum atomic E-state index is -3.54. The number of para-hydroxylation sites is 1. The molecule has 3 rings (SSSR count). The molecule has 2 aromatic rings. The number of nitrogens with zero attached hydrogens (tertiary/aromatic N) is 1. The molecule has 0 bridgehead atoms. The quantitative estimate of drug-likeness (QED) is 0.866. The van der Waals surface area contributed by atoms with Crippen molar-refractivity contribution in [3.05, 3.63) is 60.2 Å². The molecule has 0 radical (unpaired) electrons. The first-order valence-electron chi connectivity index (χ1n) is 8.93. The minimum Gasteiger partial charge on any atom is -0.322 e. The maximum absolute atomic E-state index is 12.8.